The molecule has 7 heteroatoms. The molecule has 2 rings (SSSR count). The maximum absolute atomic E-state index is 11.9. The lowest BCUT2D eigenvalue weighted by Gasteiger charge is -2.26. The largest absolute Gasteiger partial charge is 0.495 e. The lowest BCUT2D eigenvalue weighted by Crippen LogP contribution is -2.39. The van der Waals surface area contributed by atoms with Crippen molar-refractivity contribution in [2.24, 2.45) is 0 Å². The van der Waals surface area contributed by atoms with Crippen LogP contribution in [0.25, 0.3) is 0 Å². The van der Waals surface area contributed by atoms with Gasteiger partial charge in [-0.15, -0.1) is 0 Å². The van der Waals surface area contributed by atoms with Gasteiger partial charge < -0.3 is 10.1 Å². The third-order valence-corrected chi connectivity index (χ3v) is 4.47. The van der Waals surface area contributed by atoms with E-state index in [4.69, 9.17) is 15.4 Å². The van der Waals surface area contributed by atoms with Gasteiger partial charge in [0.15, 0.2) is 0 Å². The summed E-state index contributed by atoms with van der Waals surface area (Å²) in [7, 11) is 2.71. The van der Waals surface area contributed by atoms with Gasteiger partial charge in [0, 0.05) is 22.3 Å². The van der Waals surface area contributed by atoms with E-state index in [-0.39, 0.29) is 28.2 Å². The summed E-state index contributed by atoms with van der Waals surface area (Å²) in [4.78, 5) is 11.7. The highest BCUT2D eigenvalue weighted by atomic mass is 35.7. The Balaban J connectivity index is 2.29. The minimum atomic E-state index is -3.95. The number of hydrogen-bond donors (Lipinski definition) is 1. The van der Waals surface area contributed by atoms with Crippen molar-refractivity contribution >= 4 is 25.6 Å². The smallest absolute Gasteiger partial charge is 0.265 e. The predicted octanol–water partition coefficient (Wildman–Crippen LogP) is 1.91. The van der Waals surface area contributed by atoms with Gasteiger partial charge >= 0.3 is 0 Å². The van der Waals surface area contributed by atoms with Gasteiger partial charge in [-0.3, -0.25) is 4.79 Å². The number of carbonyl (C=O) groups is 1. The van der Waals surface area contributed by atoms with Crippen LogP contribution in [0, 0.1) is 0 Å². The Morgan fingerprint density at radius 1 is 1.42 bits per heavy atom. The second-order valence-electron chi connectivity index (χ2n) is 4.40. The zero-order chi connectivity index (χ0) is 14.0. The molecule has 19 heavy (non-hydrogen) atoms. The summed E-state index contributed by atoms with van der Waals surface area (Å²) in [5.74, 6) is -0.177. The zero-order valence-corrected chi connectivity index (χ0v) is 11.9. The van der Waals surface area contributed by atoms with Crippen LogP contribution in [0.15, 0.2) is 23.1 Å². The Bertz CT molecular complexity index is 596. The van der Waals surface area contributed by atoms with E-state index in [0.29, 0.717) is 0 Å². The average Bonchev–Trinajstić information content (AvgIpc) is 2.31. The van der Waals surface area contributed by atoms with Gasteiger partial charge in [-0.05, 0) is 37.5 Å². The van der Waals surface area contributed by atoms with E-state index in [1.54, 1.807) is 0 Å². The molecule has 0 radical (unpaired) electrons. The van der Waals surface area contributed by atoms with Crippen LogP contribution in [-0.2, 0) is 9.05 Å². The number of halogens is 1. The van der Waals surface area contributed by atoms with Crippen molar-refractivity contribution in [2.45, 2.75) is 30.2 Å². The van der Waals surface area contributed by atoms with E-state index >= 15 is 0 Å². The maximum Gasteiger partial charge on any atom is 0.265 e. The maximum atomic E-state index is 11.9. The van der Waals surface area contributed by atoms with E-state index in [1.165, 1.54) is 25.3 Å². The first-order valence-electron chi connectivity index (χ1n) is 5.85. The van der Waals surface area contributed by atoms with Crippen molar-refractivity contribution in [3.63, 3.8) is 0 Å². The summed E-state index contributed by atoms with van der Waals surface area (Å²) >= 11 is 0. The molecule has 1 fully saturated rings. The van der Waals surface area contributed by atoms with Crippen LogP contribution in [0.1, 0.15) is 29.6 Å². The van der Waals surface area contributed by atoms with Gasteiger partial charge in [-0.25, -0.2) is 8.42 Å². The minimum Gasteiger partial charge on any atom is -0.495 e. The number of rotatable bonds is 4. The molecule has 0 aliphatic heterocycles. The molecule has 0 unspecified atom stereocenters. The fourth-order valence-corrected chi connectivity index (χ4v) is 2.85. The molecule has 1 amide bonds. The Morgan fingerprint density at radius 2 is 2.11 bits per heavy atom. The molecular weight excluding hydrogens is 290 g/mol. The standard InChI is InChI=1S/C12H14ClNO4S/c1-18-10-6-5-8(7-11(10)19(13,16)17)12(15)14-9-3-2-4-9/h5-7,9H,2-4H2,1H3,(H,14,15). The molecule has 104 valence electrons. The fraction of sp³-hybridized carbons (Fsp3) is 0.417. The second kappa shape index (κ2) is 5.38. The summed E-state index contributed by atoms with van der Waals surface area (Å²) < 4.78 is 27.8. The topological polar surface area (TPSA) is 72.5 Å². The minimum absolute atomic E-state index is 0.121. The molecule has 0 heterocycles. The first kappa shape index (κ1) is 14.1. The summed E-state index contributed by atoms with van der Waals surface area (Å²) in [6, 6.07) is 4.35. The van der Waals surface area contributed by atoms with Crippen LogP contribution >= 0.6 is 10.7 Å². The number of methoxy groups -OCH3 is 1. The van der Waals surface area contributed by atoms with Gasteiger partial charge in [0.05, 0.1) is 7.11 Å². The summed E-state index contributed by atoms with van der Waals surface area (Å²) in [6.07, 6.45) is 3.03. The van der Waals surface area contributed by atoms with Crippen LogP contribution in [0.5, 0.6) is 5.75 Å². The lowest BCUT2D eigenvalue weighted by molar-refractivity contribution is 0.0916. The molecule has 5 nitrogen and oxygen atoms in total. The Hall–Kier alpha value is -1.27. The van der Waals surface area contributed by atoms with Crippen LogP contribution in [-0.4, -0.2) is 27.5 Å². The average molecular weight is 304 g/mol. The van der Waals surface area contributed by atoms with Crippen molar-refractivity contribution in [1.82, 2.24) is 5.32 Å². The highest BCUT2D eigenvalue weighted by Crippen LogP contribution is 2.28. The highest BCUT2D eigenvalue weighted by molar-refractivity contribution is 8.13. The monoisotopic (exact) mass is 303 g/mol. The van der Waals surface area contributed by atoms with Crippen LogP contribution in [0.3, 0.4) is 0 Å². The van der Waals surface area contributed by atoms with Crippen molar-refractivity contribution in [1.29, 1.82) is 0 Å². The molecule has 1 saturated carbocycles. The van der Waals surface area contributed by atoms with Crippen molar-refractivity contribution < 1.29 is 17.9 Å². The second-order valence-corrected chi connectivity index (χ2v) is 6.94. The first-order valence-corrected chi connectivity index (χ1v) is 8.16. The molecule has 0 spiro atoms. The highest BCUT2D eigenvalue weighted by Gasteiger charge is 2.23. The molecular formula is C12H14ClNO4S. The van der Waals surface area contributed by atoms with E-state index in [2.05, 4.69) is 5.32 Å². The van der Waals surface area contributed by atoms with Crippen LogP contribution < -0.4 is 10.1 Å². The van der Waals surface area contributed by atoms with Crippen LogP contribution in [0.2, 0.25) is 0 Å². The number of nitrogens with one attached hydrogen (secondary N) is 1. The molecule has 0 saturated heterocycles. The summed E-state index contributed by atoms with van der Waals surface area (Å²) in [5, 5.41) is 2.83. The van der Waals surface area contributed by atoms with E-state index < -0.39 is 9.05 Å². The van der Waals surface area contributed by atoms with Gasteiger partial charge in [-0.1, -0.05) is 0 Å². The predicted molar refractivity (Wildman–Crippen MR) is 71.1 cm³/mol. The molecule has 0 atom stereocenters. The fourth-order valence-electron chi connectivity index (χ4n) is 1.83. The van der Waals surface area contributed by atoms with Crippen molar-refractivity contribution in [3.05, 3.63) is 23.8 Å². The van der Waals surface area contributed by atoms with Crippen molar-refractivity contribution in [3.8, 4) is 5.75 Å². The van der Waals surface area contributed by atoms with Gasteiger partial charge in [0.1, 0.15) is 10.6 Å². The molecule has 0 aromatic heterocycles. The lowest BCUT2D eigenvalue weighted by atomic mass is 9.93. The first-order chi connectivity index (χ1) is 8.91. The molecule has 1 aromatic rings. The van der Waals surface area contributed by atoms with Gasteiger partial charge in [-0.2, -0.15) is 0 Å². The molecule has 1 N–H and O–H groups in total. The molecule has 1 aliphatic rings. The molecule has 1 aromatic carbocycles. The summed E-state index contributed by atoms with van der Waals surface area (Å²) in [6.45, 7) is 0. The van der Waals surface area contributed by atoms with E-state index in [0.717, 1.165) is 19.3 Å². The zero-order valence-electron chi connectivity index (χ0n) is 10.3. The molecule has 0 bridgehead atoms. The van der Waals surface area contributed by atoms with E-state index in [9.17, 15) is 13.2 Å². The Morgan fingerprint density at radius 3 is 2.58 bits per heavy atom. The van der Waals surface area contributed by atoms with Crippen LogP contribution in [0.4, 0.5) is 0 Å². The normalized spacial score (nSPS) is 15.7. The quantitative estimate of drug-likeness (QED) is 0.862. The van der Waals surface area contributed by atoms with Crippen molar-refractivity contribution in [2.75, 3.05) is 7.11 Å². The van der Waals surface area contributed by atoms with Gasteiger partial charge in [0.2, 0.25) is 0 Å². The Kier molecular flexibility index (Phi) is 4.01. The number of amides is 1. The third-order valence-electron chi connectivity index (χ3n) is 3.13. The molecule has 1 aliphatic carbocycles. The number of carbonyl (C=O) groups excluding carboxylic acids is 1. The number of ether oxygens (including phenoxy) is 1. The third kappa shape index (κ3) is 3.19. The number of benzene rings is 1. The van der Waals surface area contributed by atoms with E-state index in [1.807, 2.05) is 0 Å². The summed E-state index contributed by atoms with van der Waals surface area (Å²) in [5.41, 5.74) is 0.256. The van der Waals surface area contributed by atoms with Gasteiger partial charge in [0.25, 0.3) is 15.0 Å². The number of hydrogen-bond acceptors (Lipinski definition) is 4. The SMILES string of the molecule is COc1ccc(C(=O)NC2CCC2)cc1S(=O)(=O)Cl. The Labute approximate surface area is 116 Å².